The van der Waals surface area contributed by atoms with E-state index in [0.717, 1.165) is 6.42 Å². The van der Waals surface area contributed by atoms with Crippen molar-refractivity contribution in [3.63, 3.8) is 0 Å². The van der Waals surface area contributed by atoms with Crippen molar-refractivity contribution in [2.75, 3.05) is 0 Å². The van der Waals surface area contributed by atoms with Gasteiger partial charge in [-0.05, 0) is 44.9 Å². The highest BCUT2D eigenvalue weighted by atomic mass is 14.1. The monoisotopic (exact) mass is 444 g/mol. The largest absolute Gasteiger partial charge is 0.0995 e. The van der Waals surface area contributed by atoms with Gasteiger partial charge in [0.2, 0.25) is 0 Å². The van der Waals surface area contributed by atoms with E-state index in [9.17, 15) is 0 Å². The second-order valence-electron chi connectivity index (χ2n) is 10.1. The molecule has 0 heterocycles. The molecule has 0 saturated carbocycles. The first-order valence-electron chi connectivity index (χ1n) is 14.7. The third kappa shape index (κ3) is 21.1. The Kier molecular flexibility index (Phi) is 24.2. The summed E-state index contributed by atoms with van der Waals surface area (Å²) in [5.74, 6) is 0. The summed E-state index contributed by atoms with van der Waals surface area (Å²) in [4.78, 5) is 0. The zero-order chi connectivity index (χ0) is 23.7. The number of allylic oxidation sites excluding steroid dienone is 5. The van der Waals surface area contributed by atoms with E-state index in [2.05, 4.69) is 46.4 Å². The van der Waals surface area contributed by atoms with Crippen molar-refractivity contribution in [2.45, 2.75) is 169 Å². The van der Waals surface area contributed by atoms with Gasteiger partial charge >= 0.3 is 0 Å². The van der Waals surface area contributed by atoms with Crippen LogP contribution in [0.3, 0.4) is 0 Å². The van der Waals surface area contributed by atoms with Crippen molar-refractivity contribution in [3.05, 3.63) is 35.5 Å². The molecule has 0 rings (SSSR count). The van der Waals surface area contributed by atoms with Crippen molar-refractivity contribution >= 4 is 0 Å². The minimum absolute atomic E-state index is 1.12. The molecular formula is C32H60. The summed E-state index contributed by atoms with van der Waals surface area (Å²) in [7, 11) is 0. The van der Waals surface area contributed by atoms with E-state index in [-0.39, 0.29) is 0 Å². The lowest BCUT2D eigenvalue weighted by Gasteiger charge is -2.14. The van der Waals surface area contributed by atoms with Gasteiger partial charge in [-0.1, -0.05) is 159 Å². The molecule has 0 atom stereocenters. The first-order chi connectivity index (χ1) is 15.7. The van der Waals surface area contributed by atoms with Crippen molar-refractivity contribution in [1.29, 1.82) is 0 Å². The fourth-order valence-corrected chi connectivity index (χ4v) is 4.59. The van der Waals surface area contributed by atoms with Gasteiger partial charge in [-0.2, -0.15) is 0 Å². The van der Waals surface area contributed by atoms with Crippen LogP contribution >= 0.6 is 0 Å². The maximum absolute atomic E-state index is 4.34. The molecular weight excluding hydrogens is 384 g/mol. The molecule has 0 unspecified atom stereocenters. The topological polar surface area (TPSA) is 0 Å². The van der Waals surface area contributed by atoms with Crippen LogP contribution in [0.5, 0.6) is 0 Å². The molecule has 0 radical (unpaired) electrons. The molecule has 0 aromatic rings. The zero-order valence-electron chi connectivity index (χ0n) is 22.9. The maximum Gasteiger partial charge on any atom is -0.0105 e. The van der Waals surface area contributed by atoms with Gasteiger partial charge in [-0.25, -0.2) is 0 Å². The summed E-state index contributed by atoms with van der Waals surface area (Å²) < 4.78 is 0. The minimum Gasteiger partial charge on any atom is -0.0995 e. The van der Waals surface area contributed by atoms with Crippen LogP contribution in [0.4, 0.5) is 0 Å². The number of rotatable bonds is 24. The number of hydrogen-bond donors (Lipinski definition) is 0. The van der Waals surface area contributed by atoms with E-state index < -0.39 is 0 Å². The third-order valence-electron chi connectivity index (χ3n) is 6.58. The van der Waals surface area contributed by atoms with Crippen LogP contribution in [0.15, 0.2) is 35.5 Å². The summed E-state index contributed by atoms with van der Waals surface area (Å²) >= 11 is 0. The van der Waals surface area contributed by atoms with Gasteiger partial charge < -0.3 is 0 Å². The quantitative estimate of drug-likeness (QED) is 0.102. The lowest BCUT2D eigenvalue weighted by atomic mass is 9.92. The SMILES string of the molecule is C=C(CCC)CC(=CCCC)CC(=CCCC)CCCCCCCCCCCCCCC. The molecule has 0 aromatic heterocycles. The second kappa shape index (κ2) is 24.9. The third-order valence-corrected chi connectivity index (χ3v) is 6.58. The molecule has 0 aliphatic heterocycles. The van der Waals surface area contributed by atoms with Gasteiger partial charge in [0, 0.05) is 0 Å². The van der Waals surface area contributed by atoms with E-state index in [4.69, 9.17) is 0 Å². The van der Waals surface area contributed by atoms with Gasteiger partial charge in [0.25, 0.3) is 0 Å². The van der Waals surface area contributed by atoms with Crippen molar-refractivity contribution in [1.82, 2.24) is 0 Å². The predicted molar refractivity (Wildman–Crippen MR) is 150 cm³/mol. The molecule has 0 bridgehead atoms. The Morgan fingerprint density at radius 1 is 0.469 bits per heavy atom. The molecule has 0 nitrogen and oxygen atoms in total. The van der Waals surface area contributed by atoms with Crippen molar-refractivity contribution < 1.29 is 0 Å². The average Bonchev–Trinajstić information content (AvgIpc) is 2.78. The Morgan fingerprint density at radius 3 is 1.41 bits per heavy atom. The van der Waals surface area contributed by atoms with E-state index in [0.29, 0.717) is 0 Å². The summed E-state index contributed by atoms with van der Waals surface area (Å²) in [6, 6.07) is 0. The summed E-state index contributed by atoms with van der Waals surface area (Å²) in [6.45, 7) is 13.5. The van der Waals surface area contributed by atoms with Crippen LogP contribution in [-0.2, 0) is 0 Å². The fraction of sp³-hybridized carbons (Fsp3) is 0.812. The van der Waals surface area contributed by atoms with Crippen LogP contribution in [0.25, 0.3) is 0 Å². The molecule has 0 fully saturated rings. The average molecular weight is 445 g/mol. The molecule has 0 aliphatic rings. The summed E-state index contributed by atoms with van der Waals surface area (Å²) in [5.41, 5.74) is 4.74. The summed E-state index contributed by atoms with van der Waals surface area (Å²) in [6.07, 6.45) is 34.8. The lowest BCUT2D eigenvalue weighted by Crippen LogP contribution is -1.94. The minimum atomic E-state index is 1.12. The Hall–Kier alpha value is -0.780. The molecule has 0 aromatic carbocycles. The highest BCUT2D eigenvalue weighted by Crippen LogP contribution is 2.25. The standard InChI is InChI=1S/C32H60/c1-6-10-13-14-15-16-17-18-19-20-21-22-23-27-31(25-11-7-2)29-32(26-12-8-3)28-30(5)24-9-4/h25-26H,5-24,27-29H2,1-4H3. The smallest absolute Gasteiger partial charge is 0.0105 e. The van der Waals surface area contributed by atoms with Gasteiger partial charge in [0.05, 0.1) is 0 Å². The zero-order valence-corrected chi connectivity index (χ0v) is 22.9. The van der Waals surface area contributed by atoms with Crippen LogP contribution in [-0.4, -0.2) is 0 Å². The molecule has 0 aliphatic carbocycles. The molecule has 0 heteroatoms. The Bertz CT molecular complexity index is 464. The highest BCUT2D eigenvalue weighted by Gasteiger charge is 2.06. The van der Waals surface area contributed by atoms with E-state index in [1.165, 1.54) is 140 Å². The normalized spacial score (nSPS) is 12.5. The van der Waals surface area contributed by atoms with Crippen LogP contribution in [0.1, 0.15) is 169 Å². The Balaban J connectivity index is 4.13. The summed E-state index contributed by atoms with van der Waals surface area (Å²) in [5, 5.41) is 0. The Labute approximate surface area is 204 Å². The maximum atomic E-state index is 4.34. The number of unbranched alkanes of at least 4 members (excludes halogenated alkanes) is 14. The molecule has 0 spiro atoms. The van der Waals surface area contributed by atoms with Crippen LogP contribution < -0.4 is 0 Å². The molecule has 188 valence electrons. The van der Waals surface area contributed by atoms with Crippen molar-refractivity contribution in [3.8, 4) is 0 Å². The lowest BCUT2D eigenvalue weighted by molar-refractivity contribution is 0.538. The van der Waals surface area contributed by atoms with Gasteiger partial charge in [-0.3, -0.25) is 0 Å². The fourth-order valence-electron chi connectivity index (χ4n) is 4.59. The van der Waals surface area contributed by atoms with Gasteiger partial charge in [0.15, 0.2) is 0 Å². The molecule has 0 amide bonds. The van der Waals surface area contributed by atoms with Gasteiger partial charge in [-0.15, -0.1) is 0 Å². The van der Waals surface area contributed by atoms with Crippen molar-refractivity contribution in [2.24, 2.45) is 0 Å². The number of hydrogen-bond acceptors (Lipinski definition) is 0. The highest BCUT2D eigenvalue weighted by molar-refractivity contribution is 5.21. The van der Waals surface area contributed by atoms with Crippen LogP contribution in [0.2, 0.25) is 0 Å². The first-order valence-corrected chi connectivity index (χ1v) is 14.7. The van der Waals surface area contributed by atoms with Crippen LogP contribution in [0, 0.1) is 0 Å². The Morgan fingerprint density at radius 2 is 0.938 bits per heavy atom. The molecule has 32 heavy (non-hydrogen) atoms. The second-order valence-corrected chi connectivity index (χ2v) is 10.1. The first kappa shape index (κ1) is 31.2. The van der Waals surface area contributed by atoms with E-state index in [1.54, 1.807) is 11.1 Å². The predicted octanol–water partition coefficient (Wildman–Crippen LogP) is 12.1. The van der Waals surface area contributed by atoms with Gasteiger partial charge in [0.1, 0.15) is 0 Å². The molecule has 0 N–H and O–H groups in total. The van der Waals surface area contributed by atoms with E-state index in [1.807, 2.05) is 0 Å². The molecule has 0 saturated heterocycles. The van der Waals surface area contributed by atoms with E-state index >= 15 is 0 Å².